The second kappa shape index (κ2) is 6.22. The molecule has 0 saturated carbocycles. The molecule has 2 heterocycles. The Labute approximate surface area is 143 Å². The molecule has 0 unspecified atom stereocenters. The lowest BCUT2D eigenvalue weighted by Crippen LogP contribution is -2.53. The van der Waals surface area contributed by atoms with Crippen molar-refractivity contribution in [3.8, 4) is 0 Å². The first-order valence-electron chi connectivity index (χ1n) is 8.07. The molecule has 1 aliphatic heterocycles. The van der Waals surface area contributed by atoms with Crippen LogP contribution in [0.4, 0.5) is 5.69 Å². The van der Waals surface area contributed by atoms with Crippen LogP contribution in [0.25, 0.3) is 0 Å². The number of piperazine rings is 1. The van der Waals surface area contributed by atoms with Crippen LogP contribution in [-0.2, 0) is 10.0 Å². The van der Waals surface area contributed by atoms with E-state index < -0.39 is 10.0 Å². The predicted octanol–water partition coefficient (Wildman–Crippen LogP) is 2.50. The molecule has 0 amide bonds. The molecule has 7 heteroatoms. The second-order valence-corrected chi connectivity index (χ2v) is 8.27. The summed E-state index contributed by atoms with van der Waals surface area (Å²) in [6, 6.07) is 8.43. The smallest absolute Gasteiger partial charge is 0.248 e. The van der Waals surface area contributed by atoms with Gasteiger partial charge in [0.1, 0.15) is 10.6 Å². The summed E-state index contributed by atoms with van der Waals surface area (Å²) in [7, 11) is -3.57. The number of benzene rings is 1. The highest BCUT2D eigenvalue weighted by atomic mass is 32.2. The van der Waals surface area contributed by atoms with Crippen molar-refractivity contribution in [1.82, 2.24) is 9.46 Å². The Morgan fingerprint density at radius 3 is 2.33 bits per heavy atom. The number of aryl methyl sites for hydroxylation is 3. The molecule has 0 aliphatic carbocycles. The van der Waals surface area contributed by atoms with E-state index in [4.69, 9.17) is 4.52 Å². The van der Waals surface area contributed by atoms with Gasteiger partial charge in [0.2, 0.25) is 10.0 Å². The van der Waals surface area contributed by atoms with E-state index in [0.717, 1.165) is 5.69 Å². The van der Waals surface area contributed by atoms with Gasteiger partial charge in [-0.25, -0.2) is 8.42 Å². The molecule has 1 fully saturated rings. The zero-order valence-corrected chi connectivity index (χ0v) is 15.3. The molecule has 1 aromatic heterocycles. The van der Waals surface area contributed by atoms with Gasteiger partial charge in [0.15, 0.2) is 5.76 Å². The molecule has 6 nitrogen and oxygen atoms in total. The zero-order chi connectivity index (χ0) is 17.5. The fraction of sp³-hybridized carbons (Fsp3) is 0.471. The van der Waals surface area contributed by atoms with E-state index in [1.165, 1.54) is 9.87 Å². The quantitative estimate of drug-likeness (QED) is 0.852. The summed E-state index contributed by atoms with van der Waals surface area (Å²) < 4.78 is 32.4. The van der Waals surface area contributed by atoms with E-state index in [0.29, 0.717) is 31.1 Å². The van der Waals surface area contributed by atoms with Gasteiger partial charge in [-0.1, -0.05) is 22.9 Å². The Morgan fingerprint density at radius 2 is 1.79 bits per heavy atom. The first-order valence-corrected chi connectivity index (χ1v) is 9.51. The van der Waals surface area contributed by atoms with Crippen LogP contribution in [0.2, 0.25) is 0 Å². The number of rotatable bonds is 3. The van der Waals surface area contributed by atoms with Crippen molar-refractivity contribution in [2.24, 2.45) is 0 Å². The number of nitrogens with zero attached hydrogens (tertiary/aromatic N) is 3. The Balaban J connectivity index is 1.81. The normalized spacial score (nSPS) is 19.7. The van der Waals surface area contributed by atoms with Gasteiger partial charge >= 0.3 is 0 Å². The lowest BCUT2D eigenvalue weighted by Gasteiger charge is -2.40. The molecule has 1 saturated heterocycles. The third-order valence-electron chi connectivity index (χ3n) is 4.52. The average Bonchev–Trinajstić information content (AvgIpc) is 2.88. The SMILES string of the molecule is Cc1ccc(N2CCN(S(=O)(=O)c3c(C)noc3C)C[C@H]2C)cc1. The van der Waals surface area contributed by atoms with Crippen molar-refractivity contribution in [2.75, 3.05) is 24.5 Å². The van der Waals surface area contributed by atoms with Crippen molar-refractivity contribution >= 4 is 15.7 Å². The van der Waals surface area contributed by atoms with Crippen LogP contribution >= 0.6 is 0 Å². The van der Waals surface area contributed by atoms with E-state index in [9.17, 15) is 8.42 Å². The molecule has 1 aromatic carbocycles. The standard InChI is InChI=1S/C17H23N3O3S/c1-12-5-7-16(8-6-12)20-10-9-19(11-13(20)2)24(21,22)17-14(3)18-23-15(17)4/h5-8,13H,9-11H2,1-4H3/t13-/m1/s1. The van der Waals surface area contributed by atoms with Crippen molar-refractivity contribution in [3.63, 3.8) is 0 Å². The van der Waals surface area contributed by atoms with Gasteiger partial charge in [-0.05, 0) is 39.8 Å². The molecule has 0 N–H and O–H groups in total. The summed E-state index contributed by atoms with van der Waals surface area (Å²) >= 11 is 0. The van der Waals surface area contributed by atoms with E-state index in [1.54, 1.807) is 13.8 Å². The van der Waals surface area contributed by atoms with Gasteiger partial charge in [0, 0.05) is 31.4 Å². The fourth-order valence-corrected chi connectivity index (χ4v) is 5.04. The topological polar surface area (TPSA) is 66.7 Å². The maximum absolute atomic E-state index is 12.9. The number of anilines is 1. The lowest BCUT2D eigenvalue weighted by molar-refractivity contribution is 0.341. The molecular formula is C17H23N3O3S. The Bertz CT molecular complexity index is 808. The Hall–Kier alpha value is -1.86. The van der Waals surface area contributed by atoms with Crippen molar-refractivity contribution in [2.45, 2.75) is 38.6 Å². The highest BCUT2D eigenvalue weighted by Gasteiger charge is 2.35. The summed E-state index contributed by atoms with van der Waals surface area (Å²) in [5.74, 6) is 0.348. The van der Waals surface area contributed by atoms with Gasteiger partial charge in [0.05, 0.1) is 0 Å². The zero-order valence-electron chi connectivity index (χ0n) is 14.5. The van der Waals surface area contributed by atoms with E-state index in [2.05, 4.69) is 48.2 Å². The van der Waals surface area contributed by atoms with E-state index in [-0.39, 0.29) is 10.9 Å². The molecule has 130 valence electrons. The lowest BCUT2D eigenvalue weighted by atomic mass is 10.1. The Morgan fingerprint density at radius 1 is 1.12 bits per heavy atom. The third-order valence-corrected chi connectivity index (χ3v) is 6.63. The third kappa shape index (κ3) is 2.93. The van der Waals surface area contributed by atoms with Gasteiger partial charge in [-0.3, -0.25) is 0 Å². The highest BCUT2D eigenvalue weighted by molar-refractivity contribution is 7.89. The van der Waals surface area contributed by atoms with E-state index in [1.807, 2.05) is 0 Å². The van der Waals surface area contributed by atoms with Crippen molar-refractivity contribution in [1.29, 1.82) is 0 Å². The summed E-state index contributed by atoms with van der Waals surface area (Å²) in [5, 5.41) is 3.78. The van der Waals surface area contributed by atoms with Crippen LogP contribution in [0.3, 0.4) is 0 Å². The summed E-state index contributed by atoms with van der Waals surface area (Å²) in [6.45, 7) is 8.96. The van der Waals surface area contributed by atoms with Crippen LogP contribution in [0.15, 0.2) is 33.7 Å². The van der Waals surface area contributed by atoms with Crippen molar-refractivity contribution in [3.05, 3.63) is 41.3 Å². The first kappa shape index (κ1) is 17.0. The van der Waals surface area contributed by atoms with Gasteiger partial charge < -0.3 is 9.42 Å². The summed E-state index contributed by atoms with van der Waals surface area (Å²) in [6.07, 6.45) is 0. The van der Waals surface area contributed by atoms with Gasteiger partial charge in [-0.15, -0.1) is 0 Å². The van der Waals surface area contributed by atoms with Gasteiger partial charge in [-0.2, -0.15) is 4.31 Å². The monoisotopic (exact) mass is 349 g/mol. The molecule has 24 heavy (non-hydrogen) atoms. The van der Waals surface area contributed by atoms with Crippen LogP contribution in [-0.4, -0.2) is 43.6 Å². The fourth-order valence-electron chi connectivity index (χ4n) is 3.23. The molecule has 3 rings (SSSR count). The van der Waals surface area contributed by atoms with E-state index >= 15 is 0 Å². The molecular weight excluding hydrogens is 326 g/mol. The van der Waals surface area contributed by atoms with Crippen LogP contribution in [0.1, 0.15) is 23.9 Å². The highest BCUT2D eigenvalue weighted by Crippen LogP contribution is 2.27. The number of hydrogen-bond acceptors (Lipinski definition) is 5. The molecule has 0 spiro atoms. The minimum absolute atomic E-state index is 0.0942. The van der Waals surface area contributed by atoms with Crippen molar-refractivity contribution < 1.29 is 12.9 Å². The molecule has 2 aromatic rings. The largest absolute Gasteiger partial charge is 0.366 e. The number of aromatic nitrogens is 1. The number of sulfonamides is 1. The maximum atomic E-state index is 12.9. The van der Waals surface area contributed by atoms with Crippen LogP contribution in [0.5, 0.6) is 0 Å². The molecule has 0 radical (unpaired) electrons. The first-order chi connectivity index (χ1) is 11.3. The molecule has 0 bridgehead atoms. The average molecular weight is 349 g/mol. The summed E-state index contributed by atoms with van der Waals surface area (Å²) in [4.78, 5) is 2.46. The second-order valence-electron chi connectivity index (χ2n) is 6.39. The van der Waals surface area contributed by atoms with Crippen LogP contribution < -0.4 is 4.90 Å². The minimum Gasteiger partial charge on any atom is -0.366 e. The van der Waals surface area contributed by atoms with Crippen LogP contribution in [0, 0.1) is 20.8 Å². The Kier molecular flexibility index (Phi) is 4.40. The minimum atomic E-state index is -3.57. The number of hydrogen-bond donors (Lipinski definition) is 0. The molecule has 1 aliphatic rings. The molecule has 1 atom stereocenters. The predicted molar refractivity (Wildman–Crippen MR) is 92.7 cm³/mol. The summed E-state index contributed by atoms with van der Waals surface area (Å²) in [5.41, 5.74) is 2.76. The maximum Gasteiger partial charge on any atom is 0.248 e. The van der Waals surface area contributed by atoms with Gasteiger partial charge in [0.25, 0.3) is 0 Å².